The van der Waals surface area contributed by atoms with E-state index in [0.29, 0.717) is 11.8 Å². The van der Waals surface area contributed by atoms with Gasteiger partial charge in [-0.1, -0.05) is 54.6 Å². The van der Waals surface area contributed by atoms with Crippen molar-refractivity contribution in [3.05, 3.63) is 109 Å². The number of ether oxygens (including phenoxy) is 1. The summed E-state index contributed by atoms with van der Waals surface area (Å²) in [6.07, 6.45) is 5.58. The van der Waals surface area contributed by atoms with Crippen molar-refractivity contribution >= 4 is 44.9 Å². The van der Waals surface area contributed by atoms with Gasteiger partial charge < -0.3 is 14.3 Å². The monoisotopic (exact) mass is 551 g/mol. The second kappa shape index (κ2) is 10.5. The van der Waals surface area contributed by atoms with Crippen LogP contribution >= 0.6 is 12.4 Å². The fourth-order valence-electron chi connectivity index (χ4n) is 7.71. The highest BCUT2D eigenvalue weighted by molar-refractivity contribution is 6.02. The molecule has 0 aliphatic carbocycles. The molecule has 1 N–H and O–H groups in total. The van der Waals surface area contributed by atoms with Crippen LogP contribution in [0.25, 0.3) is 32.4 Å². The minimum Gasteiger partial charge on any atom is -0.497 e. The van der Waals surface area contributed by atoms with E-state index in [2.05, 4.69) is 72.2 Å². The summed E-state index contributed by atoms with van der Waals surface area (Å²) in [5.74, 6) is 1.82. The standard InChI is InChI=1S/C35H35N2O2.ClH/c1-3-23-21-37(22-32-28-10-6-4-8-25(28)18-26-9-5-7-11-29(26)32)17-15-24(23)19-34(37)35(38)30-14-16-36-33-13-12-27(39-2)20-31(30)33;/h3-14,16,18,20,23-24,34-35,38H,1,15,17,19,21-22H2,2H3;1H/q+1;/t23?,24?,34-,35+,37?;/m0./s1. The Kier molecular flexibility index (Phi) is 7.03. The molecule has 3 saturated heterocycles. The van der Waals surface area contributed by atoms with Gasteiger partial charge in [0.2, 0.25) is 0 Å². The fraction of sp³-hybridized carbons (Fsp3) is 0.286. The van der Waals surface area contributed by atoms with Crippen LogP contribution in [0.3, 0.4) is 0 Å². The number of methoxy groups -OCH3 is 1. The first-order chi connectivity index (χ1) is 19.1. The van der Waals surface area contributed by atoms with E-state index in [9.17, 15) is 5.11 Å². The molecule has 1 aromatic heterocycles. The molecule has 0 amide bonds. The molecule has 40 heavy (non-hydrogen) atoms. The third-order valence-corrected chi connectivity index (χ3v) is 9.70. The predicted octanol–water partition coefficient (Wildman–Crippen LogP) is 7.62. The van der Waals surface area contributed by atoms with Crippen molar-refractivity contribution in [3.63, 3.8) is 0 Å². The number of aliphatic hydroxyl groups is 1. The van der Waals surface area contributed by atoms with Crippen molar-refractivity contribution in [2.75, 3.05) is 20.2 Å². The van der Waals surface area contributed by atoms with Crippen molar-refractivity contribution in [1.29, 1.82) is 0 Å². The molecule has 5 heteroatoms. The Morgan fingerprint density at radius 3 is 2.42 bits per heavy atom. The van der Waals surface area contributed by atoms with E-state index in [0.717, 1.165) is 52.8 Å². The zero-order valence-corrected chi connectivity index (χ0v) is 23.7. The molecule has 0 spiro atoms. The largest absolute Gasteiger partial charge is 0.497 e. The number of fused-ring (bicyclic) bond motifs is 6. The van der Waals surface area contributed by atoms with E-state index in [1.165, 1.54) is 33.5 Å². The maximum Gasteiger partial charge on any atom is 0.131 e. The van der Waals surface area contributed by atoms with E-state index in [1.807, 2.05) is 30.5 Å². The molecule has 5 aromatic rings. The number of nitrogens with zero attached hydrogens (tertiary/aromatic N) is 2. The van der Waals surface area contributed by atoms with Crippen molar-refractivity contribution in [1.82, 2.24) is 4.98 Å². The van der Waals surface area contributed by atoms with Gasteiger partial charge >= 0.3 is 0 Å². The Hall–Kier alpha value is -3.44. The lowest BCUT2D eigenvalue weighted by Crippen LogP contribution is -2.67. The molecule has 3 fully saturated rings. The summed E-state index contributed by atoms with van der Waals surface area (Å²) in [5.41, 5.74) is 3.23. The van der Waals surface area contributed by atoms with Gasteiger partial charge in [-0.05, 0) is 63.4 Å². The van der Waals surface area contributed by atoms with Gasteiger partial charge in [0, 0.05) is 35.9 Å². The van der Waals surface area contributed by atoms with Gasteiger partial charge in [-0.15, -0.1) is 19.0 Å². The molecule has 8 rings (SSSR count). The number of piperidine rings is 3. The van der Waals surface area contributed by atoms with Gasteiger partial charge in [-0.3, -0.25) is 4.98 Å². The number of aromatic nitrogens is 1. The highest BCUT2D eigenvalue weighted by atomic mass is 35.5. The summed E-state index contributed by atoms with van der Waals surface area (Å²) in [7, 11) is 1.68. The summed E-state index contributed by atoms with van der Waals surface area (Å²) in [6.45, 7) is 7.21. The number of hydrogen-bond acceptors (Lipinski definition) is 3. The summed E-state index contributed by atoms with van der Waals surface area (Å²) in [6, 6.07) is 27.9. The van der Waals surface area contributed by atoms with Crippen LogP contribution in [0, 0.1) is 11.8 Å². The maximum atomic E-state index is 12.2. The van der Waals surface area contributed by atoms with Crippen LogP contribution in [-0.2, 0) is 6.54 Å². The summed E-state index contributed by atoms with van der Waals surface area (Å²) < 4.78 is 6.41. The number of rotatable bonds is 6. The Bertz CT molecular complexity index is 1660. The van der Waals surface area contributed by atoms with E-state index in [4.69, 9.17) is 4.74 Å². The molecule has 204 valence electrons. The Morgan fingerprint density at radius 2 is 1.73 bits per heavy atom. The van der Waals surface area contributed by atoms with Crippen LogP contribution in [0.4, 0.5) is 0 Å². The van der Waals surface area contributed by atoms with Crippen LogP contribution in [0.2, 0.25) is 0 Å². The number of hydrogen-bond donors (Lipinski definition) is 1. The average molecular weight is 552 g/mol. The van der Waals surface area contributed by atoms with Crippen molar-refractivity contribution < 1.29 is 14.3 Å². The van der Waals surface area contributed by atoms with Crippen LogP contribution in [0.5, 0.6) is 5.75 Å². The topological polar surface area (TPSA) is 42.4 Å². The van der Waals surface area contributed by atoms with Gasteiger partial charge in [0.1, 0.15) is 24.4 Å². The van der Waals surface area contributed by atoms with Crippen LogP contribution in [-0.4, -0.2) is 40.8 Å². The van der Waals surface area contributed by atoms with Crippen molar-refractivity contribution in [2.24, 2.45) is 11.8 Å². The lowest BCUT2D eigenvalue weighted by molar-refractivity contribution is -0.984. The molecular formula is C35H36ClN2O2+. The quantitative estimate of drug-likeness (QED) is 0.134. The molecule has 4 nitrogen and oxygen atoms in total. The summed E-state index contributed by atoms with van der Waals surface area (Å²) in [4.78, 5) is 4.59. The van der Waals surface area contributed by atoms with E-state index in [1.54, 1.807) is 7.11 Å². The second-order valence-corrected chi connectivity index (χ2v) is 11.6. The maximum absolute atomic E-state index is 12.2. The number of quaternary nitrogens is 1. The Balaban J connectivity index is 0.00000289. The lowest BCUT2D eigenvalue weighted by Gasteiger charge is -2.58. The molecular weight excluding hydrogens is 516 g/mol. The highest BCUT2D eigenvalue weighted by Gasteiger charge is 2.54. The smallest absolute Gasteiger partial charge is 0.131 e. The minimum absolute atomic E-state index is 0. The first-order valence-electron chi connectivity index (χ1n) is 14.1. The molecule has 5 atom stereocenters. The fourth-order valence-corrected chi connectivity index (χ4v) is 7.71. The summed E-state index contributed by atoms with van der Waals surface area (Å²) >= 11 is 0. The zero-order chi connectivity index (χ0) is 26.6. The highest BCUT2D eigenvalue weighted by Crippen LogP contribution is 2.49. The minimum atomic E-state index is -0.600. The van der Waals surface area contributed by atoms with Crippen LogP contribution < -0.4 is 4.74 Å². The third kappa shape index (κ3) is 4.26. The molecule has 0 saturated carbocycles. The average Bonchev–Trinajstić information content (AvgIpc) is 3.00. The van der Waals surface area contributed by atoms with Gasteiger partial charge in [-0.2, -0.15) is 0 Å². The first-order valence-corrected chi connectivity index (χ1v) is 14.1. The third-order valence-electron chi connectivity index (χ3n) is 9.70. The molecule has 3 aliphatic rings. The van der Waals surface area contributed by atoms with Gasteiger partial charge in [0.25, 0.3) is 0 Å². The number of pyridine rings is 1. The van der Waals surface area contributed by atoms with E-state index < -0.39 is 6.10 Å². The van der Waals surface area contributed by atoms with Crippen molar-refractivity contribution in [3.8, 4) is 5.75 Å². The number of benzene rings is 4. The van der Waals surface area contributed by atoms with Gasteiger partial charge in [0.15, 0.2) is 0 Å². The van der Waals surface area contributed by atoms with Gasteiger partial charge in [0.05, 0.1) is 25.7 Å². The molecule has 4 aromatic carbocycles. The second-order valence-electron chi connectivity index (χ2n) is 11.6. The lowest BCUT2D eigenvalue weighted by atomic mass is 9.71. The molecule has 0 radical (unpaired) electrons. The van der Waals surface area contributed by atoms with E-state index in [-0.39, 0.29) is 18.4 Å². The predicted molar refractivity (Wildman–Crippen MR) is 166 cm³/mol. The van der Waals surface area contributed by atoms with Crippen LogP contribution in [0.15, 0.2) is 97.7 Å². The zero-order valence-electron chi connectivity index (χ0n) is 22.9. The number of halogens is 1. The molecule has 2 bridgehead atoms. The SMILES string of the molecule is C=CC1C[N+]2(Cc3c4ccccc4cc4ccccc34)CCC1C[C@H]2[C@H](O)c1ccnc2ccc(OC)cc12.Cl. The van der Waals surface area contributed by atoms with Crippen molar-refractivity contribution in [2.45, 2.75) is 31.5 Å². The Labute approximate surface area is 241 Å². The van der Waals surface area contributed by atoms with E-state index >= 15 is 0 Å². The number of aliphatic hydroxyl groups excluding tert-OH is 1. The molecule has 3 aliphatic heterocycles. The van der Waals surface area contributed by atoms with Crippen LogP contribution in [0.1, 0.15) is 30.1 Å². The molecule has 4 heterocycles. The normalized spacial score (nSPS) is 24.6. The molecule has 3 unspecified atom stereocenters. The first kappa shape index (κ1) is 26.8. The van der Waals surface area contributed by atoms with Gasteiger partial charge in [-0.25, -0.2) is 0 Å². The summed E-state index contributed by atoms with van der Waals surface area (Å²) in [5, 5.41) is 18.4. The Morgan fingerprint density at radius 1 is 1.00 bits per heavy atom.